The van der Waals surface area contributed by atoms with Crippen LogP contribution in [0.5, 0.6) is 5.75 Å². The third-order valence-electron chi connectivity index (χ3n) is 3.47. The first-order valence-corrected chi connectivity index (χ1v) is 7.32. The van der Waals surface area contributed by atoms with Crippen molar-refractivity contribution in [1.82, 2.24) is 10.2 Å². The quantitative estimate of drug-likeness (QED) is 0.453. The number of hydrogen-bond acceptors (Lipinski definition) is 2. The fraction of sp³-hybridized carbons (Fsp3) is 0.278. The molecule has 0 atom stereocenters. The molecule has 2 aromatic carbocycles. The van der Waals surface area contributed by atoms with Crippen LogP contribution in [0.1, 0.15) is 11.1 Å². The van der Waals surface area contributed by atoms with Gasteiger partial charge in [-0.05, 0) is 11.6 Å². The first kappa shape index (κ1) is 19.3. The molecule has 2 aromatic rings. The Morgan fingerprint density at radius 2 is 1.74 bits per heavy atom. The predicted molar refractivity (Wildman–Crippen MR) is 107 cm³/mol. The Morgan fingerprint density at radius 3 is 2.39 bits per heavy atom. The van der Waals surface area contributed by atoms with Gasteiger partial charge in [0.05, 0.1) is 7.11 Å². The normalized spacial score (nSPS) is 10.7. The Balaban J connectivity index is 0.00000264. The molecule has 0 aromatic heterocycles. The summed E-state index contributed by atoms with van der Waals surface area (Å²) in [5.41, 5.74) is 2.37. The summed E-state index contributed by atoms with van der Waals surface area (Å²) in [5.74, 6) is 1.75. The Bertz CT molecular complexity index is 617. The molecule has 0 spiro atoms. The van der Waals surface area contributed by atoms with E-state index >= 15 is 0 Å². The lowest BCUT2D eigenvalue weighted by molar-refractivity contribution is 0.396. The van der Waals surface area contributed by atoms with E-state index in [4.69, 9.17) is 4.74 Å². The van der Waals surface area contributed by atoms with Crippen molar-refractivity contribution < 1.29 is 4.74 Å². The lowest BCUT2D eigenvalue weighted by Crippen LogP contribution is -2.38. The molecular weight excluding hydrogens is 401 g/mol. The maximum atomic E-state index is 5.40. The van der Waals surface area contributed by atoms with Crippen LogP contribution in [0.15, 0.2) is 59.6 Å². The second-order valence-corrected chi connectivity index (χ2v) is 5.05. The maximum absolute atomic E-state index is 5.40. The Labute approximate surface area is 155 Å². The van der Waals surface area contributed by atoms with E-state index in [0.717, 1.165) is 30.4 Å². The number of methoxy groups -OCH3 is 1. The Kier molecular flexibility index (Phi) is 8.47. The summed E-state index contributed by atoms with van der Waals surface area (Å²) in [6.45, 7) is 1.49. The average molecular weight is 425 g/mol. The van der Waals surface area contributed by atoms with Crippen LogP contribution in [0.2, 0.25) is 0 Å². The zero-order chi connectivity index (χ0) is 15.8. The van der Waals surface area contributed by atoms with Gasteiger partial charge in [0.1, 0.15) is 5.75 Å². The number of nitrogens with one attached hydrogen (secondary N) is 1. The van der Waals surface area contributed by atoms with Gasteiger partial charge < -0.3 is 15.0 Å². The number of ether oxygens (including phenoxy) is 1. The molecule has 1 N–H and O–H groups in total. The number of guanidine groups is 1. The third kappa shape index (κ3) is 5.74. The summed E-state index contributed by atoms with van der Waals surface area (Å²) >= 11 is 0. The highest BCUT2D eigenvalue weighted by Gasteiger charge is 2.09. The largest absolute Gasteiger partial charge is 0.496 e. The summed E-state index contributed by atoms with van der Waals surface area (Å²) < 4.78 is 5.40. The highest BCUT2D eigenvalue weighted by atomic mass is 127. The molecule has 0 saturated heterocycles. The number of aliphatic imine (C=N–C) groups is 1. The third-order valence-corrected chi connectivity index (χ3v) is 3.47. The van der Waals surface area contributed by atoms with Gasteiger partial charge in [-0.3, -0.25) is 4.99 Å². The van der Waals surface area contributed by atoms with Gasteiger partial charge in [-0.2, -0.15) is 0 Å². The van der Waals surface area contributed by atoms with Crippen LogP contribution < -0.4 is 10.1 Å². The van der Waals surface area contributed by atoms with Crippen molar-refractivity contribution in [2.24, 2.45) is 4.99 Å². The zero-order valence-electron chi connectivity index (χ0n) is 13.8. The Morgan fingerprint density at radius 1 is 1.09 bits per heavy atom. The average Bonchev–Trinajstić information content (AvgIpc) is 2.57. The molecule has 5 heteroatoms. The lowest BCUT2D eigenvalue weighted by atomic mass is 10.2. The van der Waals surface area contributed by atoms with E-state index in [1.165, 1.54) is 5.56 Å². The molecule has 0 radical (unpaired) electrons. The van der Waals surface area contributed by atoms with E-state index in [1.54, 1.807) is 14.2 Å². The van der Waals surface area contributed by atoms with E-state index in [0.29, 0.717) is 0 Å². The van der Waals surface area contributed by atoms with Gasteiger partial charge in [0.15, 0.2) is 5.96 Å². The van der Waals surface area contributed by atoms with Gasteiger partial charge in [0.25, 0.3) is 0 Å². The number of benzene rings is 2. The smallest absolute Gasteiger partial charge is 0.193 e. The number of para-hydroxylation sites is 1. The number of rotatable bonds is 5. The van der Waals surface area contributed by atoms with Crippen molar-refractivity contribution in [2.45, 2.75) is 13.1 Å². The topological polar surface area (TPSA) is 36.9 Å². The molecule has 4 nitrogen and oxygen atoms in total. The van der Waals surface area contributed by atoms with Gasteiger partial charge in [-0.25, -0.2) is 0 Å². The Hall–Kier alpha value is -1.76. The molecule has 0 aliphatic heterocycles. The lowest BCUT2D eigenvalue weighted by Gasteiger charge is -2.23. The van der Waals surface area contributed by atoms with Crippen molar-refractivity contribution in [3.63, 3.8) is 0 Å². The van der Waals surface area contributed by atoms with Crippen LogP contribution in [-0.4, -0.2) is 32.1 Å². The first-order valence-electron chi connectivity index (χ1n) is 7.32. The molecule has 0 amide bonds. The van der Waals surface area contributed by atoms with Crippen LogP contribution in [0, 0.1) is 0 Å². The second-order valence-electron chi connectivity index (χ2n) is 5.05. The van der Waals surface area contributed by atoms with Crippen LogP contribution in [0.4, 0.5) is 0 Å². The molecule has 0 fully saturated rings. The van der Waals surface area contributed by atoms with E-state index < -0.39 is 0 Å². The molecule has 23 heavy (non-hydrogen) atoms. The molecular formula is C18H24IN3O. The number of hydrogen-bond donors (Lipinski definition) is 1. The van der Waals surface area contributed by atoms with E-state index in [1.807, 2.05) is 43.4 Å². The molecule has 0 unspecified atom stereocenters. The molecule has 0 aliphatic rings. The van der Waals surface area contributed by atoms with E-state index in [-0.39, 0.29) is 24.0 Å². The van der Waals surface area contributed by atoms with Crippen LogP contribution in [-0.2, 0) is 13.1 Å². The summed E-state index contributed by atoms with van der Waals surface area (Å²) in [4.78, 5) is 6.43. The monoisotopic (exact) mass is 425 g/mol. The predicted octanol–water partition coefficient (Wildman–Crippen LogP) is 3.52. The van der Waals surface area contributed by atoms with Crippen LogP contribution >= 0.6 is 24.0 Å². The molecule has 124 valence electrons. The van der Waals surface area contributed by atoms with Gasteiger partial charge in [0, 0.05) is 32.7 Å². The van der Waals surface area contributed by atoms with Crippen molar-refractivity contribution in [2.75, 3.05) is 21.2 Å². The summed E-state index contributed by atoms with van der Waals surface area (Å²) in [7, 11) is 5.51. The highest BCUT2D eigenvalue weighted by Crippen LogP contribution is 2.18. The summed E-state index contributed by atoms with van der Waals surface area (Å²) in [6.07, 6.45) is 0. The molecule has 0 aliphatic carbocycles. The van der Waals surface area contributed by atoms with Gasteiger partial charge >= 0.3 is 0 Å². The highest BCUT2D eigenvalue weighted by molar-refractivity contribution is 14.0. The fourth-order valence-electron chi connectivity index (χ4n) is 2.33. The van der Waals surface area contributed by atoms with Crippen LogP contribution in [0.3, 0.4) is 0 Å². The van der Waals surface area contributed by atoms with Gasteiger partial charge in [-0.1, -0.05) is 48.5 Å². The number of nitrogens with zero attached hydrogens (tertiary/aromatic N) is 2. The van der Waals surface area contributed by atoms with Crippen molar-refractivity contribution in [3.05, 3.63) is 65.7 Å². The van der Waals surface area contributed by atoms with Crippen molar-refractivity contribution >= 4 is 29.9 Å². The van der Waals surface area contributed by atoms with Gasteiger partial charge in [-0.15, -0.1) is 24.0 Å². The van der Waals surface area contributed by atoms with Gasteiger partial charge in [0.2, 0.25) is 0 Å². The minimum Gasteiger partial charge on any atom is -0.496 e. The molecule has 0 bridgehead atoms. The summed E-state index contributed by atoms with van der Waals surface area (Å²) in [6, 6.07) is 18.3. The molecule has 0 heterocycles. The zero-order valence-corrected chi connectivity index (χ0v) is 16.2. The minimum atomic E-state index is 0. The second kappa shape index (κ2) is 10.1. The molecule has 2 rings (SSSR count). The fourth-order valence-corrected chi connectivity index (χ4v) is 2.33. The number of halogens is 1. The maximum Gasteiger partial charge on any atom is 0.193 e. The van der Waals surface area contributed by atoms with Crippen LogP contribution in [0.25, 0.3) is 0 Å². The van der Waals surface area contributed by atoms with Crippen molar-refractivity contribution in [3.8, 4) is 5.75 Å². The molecule has 0 saturated carbocycles. The standard InChI is InChI=1S/C18H23N3O.HI/c1-19-18(20-13-15-9-5-4-6-10-15)21(2)14-16-11-7-8-12-17(16)22-3;/h4-12H,13-14H2,1-3H3,(H,19,20);1H. The first-order chi connectivity index (χ1) is 10.7. The minimum absolute atomic E-state index is 0. The summed E-state index contributed by atoms with van der Waals surface area (Å²) in [5, 5.41) is 3.38. The van der Waals surface area contributed by atoms with Crippen molar-refractivity contribution in [1.29, 1.82) is 0 Å². The SMILES string of the molecule is CN=C(NCc1ccccc1)N(C)Cc1ccccc1OC.I. The van der Waals surface area contributed by atoms with E-state index in [2.05, 4.69) is 33.4 Å². The van der Waals surface area contributed by atoms with E-state index in [9.17, 15) is 0 Å².